The Labute approximate surface area is 155 Å². The molecule has 0 radical (unpaired) electrons. The maximum absolute atomic E-state index is 2.66. The lowest BCUT2D eigenvalue weighted by molar-refractivity contribution is -0.0746. The lowest BCUT2D eigenvalue weighted by Crippen LogP contribution is -2.58. The summed E-state index contributed by atoms with van der Waals surface area (Å²) in [7, 11) is 0. The lowest BCUT2D eigenvalue weighted by Gasteiger charge is -2.63. The van der Waals surface area contributed by atoms with Crippen molar-refractivity contribution in [3.05, 3.63) is 34.4 Å². The van der Waals surface area contributed by atoms with Gasteiger partial charge in [-0.15, -0.1) is 0 Å². The van der Waals surface area contributed by atoms with Gasteiger partial charge in [0.05, 0.1) is 0 Å². The summed E-state index contributed by atoms with van der Waals surface area (Å²) in [5.74, 6) is 1.59. The molecule has 1 aromatic carbocycles. The topological polar surface area (TPSA) is 0 Å². The monoisotopic (exact) mass is 338 g/mol. The van der Waals surface area contributed by atoms with Crippen LogP contribution in [0.25, 0.3) is 0 Å². The normalized spacial score (nSPS) is 46.0. The van der Waals surface area contributed by atoms with Gasteiger partial charge in [0, 0.05) is 5.41 Å². The first-order chi connectivity index (χ1) is 11.2. The molecular weight excluding hydrogens is 300 g/mol. The van der Waals surface area contributed by atoms with Gasteiger partial charge >= 0.3 is 0 Å². The highest BCUT2D eigenvalue weighted by molar-refractivity contribution is 5.53. The van der Waals surface area contributed by atoms with Gasteiger partial charge in [-0.25, -0.2) is 0 Å². The van der Waals surface area contributed by atoms with Crippen molar-refractivity contribution in [1.29, 1.82) is 0 Å². The Morgan fingerprint density at radius 3 is 1.92 bits per heavy atom. The second-order valence-corrected chi connectivity index (χ2v) is 11.7. The van der Waals surface area contributed by atoms with Gasteiger partial charge in [-0.05, 0) is 82.4 Å². The number of rotatable bonds is 0. The van der Waals surface area contributed by atoms with E-state index in [-0.39, 0.29) is 5.41 Å². The van der Waals surface area contributed by atoms with E-state index in [1.165, 1.54) is 24.0 Å². The molecule has 138 valence electrons. The van der Waals surface area contributed by atoms with Crippen molar-refractivity contribution in [3.8, 4) is 0 Å². The van der Waals surface area contributed by atoms with Crippen LogP contribution in [0.2, 0.25) is 0 Å². The van der Waals surface area contributed by atoms with Gasteiger partial charge in [0.1, 0.15) is 0 Å². The first-order valence-electron chi connectivity index (χ1n) is 10.4. The SMILES string of the molecule is Cc1cc2c(cc1C)C1(C)C3CC(C)C(C)(C3(C)C)C1(C)CC2(C)C. The summed E-state index contributed by atoms with van der Waals surface area (Å²) in [6.07, 6.45) is 2.70. The molecule has 5 atom stereocenters. The zero-order chi connectivity index (χ0) is 18.8. The van der Waals surface area contributed by atoms with Crippen LogP contribution in [0, 0.1) is 41.9 Å². The van der Waals surface area contributed by atoms with Crippen LogP contribution in [0.5, 0.6) is 0 Å². The molecule has 0 N–H and O–H groups in total. The minimum Gasteiger partial charge on any atom is -0.0619 e. The maximum atomic E-state index is 2.66. The van der Waals surface area contributed by atoms with Crippen LogP contribution < -0.4 is 0 Å². The molecule has 3 aliphatic rings. The molecule has 0 heteroatoms. The zero-order valence-corrected chi connectivity index (χ0v) is 18.2. The van der Waals surface area contributed by atoms with Crippen molar-refractivity contribution in [2.45, 2.75) is 92.9 Å². The quantitative estimate of drug-likeness (QED) is 0.480. The summed E-state index contributed by atoms with van der Waals surface area (Å²) in [5.41, 5.74) is 7.94. The van der Waals surface area contributed by atoms with Crippen LogP contribution in [0.3, 0.4) is 0 Å². The van der Waals surface area contributed by atoms with Crippen molar-refractivity contribution < 1.29 is 0 Å². The fourth-order valence-corrected chi connectivity index (χ4v) is 8.65. The van der Waals surface area contributed by atoms with Crippen LogP contribution in [0.1, 0.15) is 90.5 Å². The molecule has 0 amide bonds. The Hall–Kier alpha value is -0.780. The summed E-state index contributed by atoms with van der Waals surface area (Å²) < 4.78 is 0. The van der Waals surface area contributed by atoms with E-state index in [9.17, 15) is 0 Å². The van der Waals surface area contributed by atoms with Crippen molar-refractivity contribution in [1.82, 2.24) is 0 Å². The van der Waals surface area contributed by atoms with Gasteiger partial charge in [0.25, 0.3) is 0 Å². The van der Waals surface area contributed by atoms with Crippen molar-refractivity contribution in [2.24, 2.45) is 28.1 Å². The third-order valence-corrected chi connectivity index (χ3v) is 10.5. The van der Waals surface area contributed by atoms with Crippen LogP contribution in [0.4, 0.5) is 0 Å². The Morgan fingerprint density at radius 2 is 1.36 bits per heavy atom. The molecule has 0 aromatic heterocycles. The standard InChI is InChI=1S/C25H38/c1-15-11-18-19(12-16(15)2)24(9)20-13-17(3)25(10,22(20,6)7)23(24,8)14-21(18,4)5/h11-12,17,20H,13-14H2,1-10H3. The third kappa shape index (κ3) is 1.55. The number of hydrogen-bond donors (Lipinski definition) is 0. The largest absolute Gasteiger partial charge is 0.0619 e. The highest BCUT2D eigenvalue weighted by Crippen LogP contribution is 2.84. The van der Waals surface area contributed by atoms with Gasteiger partial charge in [-0.1, -0.05) is 67.5 Å². The Kier molecular flexibility index (Phi) is 3.08. The van der Waals surface area contributed by atoms with Gasteiger partial charge in [-0.2, -0.15) is 0 Å². The molecule has 3 aliphatic carbocycles. The zero-order valence-electron chi connectivity index (χ0n) is 18.2. The highest BCUT2D eigenvalue weighted by Gasteiger charge is 2.80. The molecule has 25 heavy (non-hydrogen) atoms. The van der Waals surface area contributed by atoms with Crippen LogP contribution in [0.15, 0.2) is 12.1 Å². The molecule has 2 saturated carbocycles. The van der Waals surface area contributed by atoms with E-state index in [2.05, 4.69) is 81.4 Å². The molecule has 5 unspecified atom stereocenters. The second kappa shape index (κ2) is 4.37. The number of benzene rings is 1. The summed E-state index contributed by atoms with van der Waals surface area (Å²) in [6.45, 7) is 25.2. The molecule has 4 rings (SSSR count). The van der Waals surface area contributed by atoms with Gasteiger partial charge in [-0.3, -0.25) is 0 Å². The van der Waals surface area contributed by atoms with Crippen molar-refractivity contribution >= 4 is 0 Å². The first-order valence-corrected chi connectivity index (χ1v) is 10.4. The smallest absolute Gasteiger partial charge is 0.00209 e. The third-order valence-electron chi connectivity index (χ3n) is 10.5. The van der Waals surface area contributed by atoms with Gasteiger partial charge in [0.15, 0.2) is 0 Å². The second-order valence-electron chi connectivity index (χ2n) is 11.7. The number of fused-ring (bicyclic) bond motifs is 7. The average Bonchev–Trinajstić information content (AvgIpc) is 2.72. The van der Waals surface area contributed by atoms with Crippen LogP contribution in [-0.4, -0.2) is 0 Å². The van der Waals surface area contributed by atoms with E-state index in [1.54, 1.807) is 11.1 Å². The fraction of sp³-hybridized carbons (Fsp3) is 0.760. The fourth-order valence-electron chi connectivity index (χ4n) is 8.65. The van der Waals surface area contributed by atoms with E-state index >= 15 is 0 Å². The maximum Gasteiger partial charge on any atom is 0.00209 e. The van der Waals surface area contributed by atoms with E-state index in [4.69, 9.17) is 0 Å². The molecule has 0 saturated heterocycles. The highest BCUT2D eigenvalue weighted by atomic mass is 14.8. The summed E-state index contributed by atoms with van der Waals surface area (Å²) in [5, 5.41) is 0. The van der Waals surface area contributed by atoms with E-state index in [0.29, 0.717) is 21.7 Å². The predicted molar refractivity (Wildman–Crippen MR) is 108 cm³/mol. The Balaban J connectivity index is 2.10. The van der Waals surface area contributed by atoms with E-state index < -0.39 is 0 Å². The number of hydrogen-bond acceptors (Lipinski definition) is 0. The van der Waals surface area contributed by atoms with Crippen molar-refractivity contribution in [3.63, 3.8) is 0 Å². The molecule has 2 bridgehead atoms. The van der Waals surface area contributed by atoms with Crippen molar-refractivity contribution in [2.75, 3.05) is 0 Å². The molecular formula is C25H38. The van der Waals surface area contributed by atoms with Crippen LogP contribution in [-0.2, 0) is 10.8 Å². The molecule has 1 aromatic rings. The first kappa shape index (κ1) is 17.6. The Morgan fingerprint density at radius 1 is 0.840 bits per heavy atom. The number of aryl methyl sites for hydroxylation is 2. The summed E-state index contributed by atoms with van der Waals surface area (Å²) in [4.78, 5) is 0. The average molecular weight is 339 g/mol. The minimum absolute atomic E-state index is 0.255. The molecule has 0 spiro atoms. The lowest BCUT2D eigenvalue weighted by atomic mass is 9.41. The predicted octanol–water partition coefficient (Wildman–Crippen LogP) is 6.95. The molecule has 0 nitrogen and oxygen atoms in total. The van der Waals surface area contributed by atoms with Gasteiger partial charge < -0.3 is 0 Å². The molecule has 0 heterocycles. The van der Waals surface area contributed by atoms with E-state index in [1.807, 2.05) is 0 Å². The summed E-state index contributed by atoms with van der Waals surface area (Å²) in [6, 6.07) is 5.11. The molecule has 0 aliphatic heterocycles. The van der Waals surface area contributed by atoms with Crippen LogP contribution >= 0.6 is 0 Å². The summed E-state index contributed by atoms with van der Waals surface area (Å²) >= 11 is 0. The van der Waals surface area contributed by atoms with E-state index in [0.717, 1.165) is 11.8 Å². The Bertz CT molecular complexity index is 766. The minimum atomic E-state index is 0.255. The van der Waals surface area contributed by atoms with Gasteiger partial charge in [0.2, 0.25) is 0 Å². The molecule has 2 fully saturated rings.